The van der Waals surface area contributed by atoms with Crippen LogP contribution in [0.3, 0.4) is 0 Å². The van der Waals surface area contributed by atoms with Crippen molar-refractivity contribution in [3.63, 3.8) is 0 Å². The lowest BCUT2D eigenvalue weighted by Crippen LogP contribution is -2.41. The van der Waals surface area contributed by atoms with Gasteiger partial charge in [-0.3, -0.25) is 10.1 Å². The number of amides is 3. The maximum absolute atomic E-state index is 11.6. The maximum Gasteiger partial charge on any atom is 0.321 e. The number of rotatable bonds is 5. The summed E-state index contributed by atoms with van der Waals surface area (Å²) in [7, 11) is 0. The minimum Gasteiger partial charge on any atom is -0.484 e. The van der Waals surface area contributed by atoms with Gasteiger partial charge in [-0.15, -0.1) is 0 Å². The molecule has 116 valence electrons. The maximum atomic E-state index is 11.6. The number of imide groups is 1. The molecule has 1 aromatic carbocycles. The molecule has 2 rings (SSSR count). The molecule has 0 aliphatic carbocycles. The average molecular weight is 343 g/mol. The molecule has 0 atom stereocenters. The van der Waals surface area contributed by atoms with E-state index in [2.05, 4.69) is 10.6 Å². The molecule has 0 fully saturated rings. The third-order valence-electron chi connectivity index (χ3n) is 2.46. The summed E-state index contributed by atoms with van der Waals surface area (Å²) in [5.74, 6) is 0.309. The van der Waals surface area contributed by atoms with Crippen LogP contribution >= 0.6 is 23.2 Å². The van der Waals surface area contributed by atoms with Gasteiger partial charge in [-0.25, -0.2) is 4.79 Å². The molecular weight excluding hydrogens is 331 g/mol. The Balaban J connectivity index is 1.74. The highest BCUT2D eigenvalue weighted by Crippen LogP contribution is 2.23. The Morgan fingerprint density at radius 2 is 1.91 bits per heavy atom. The number of hydrogen-bond acceptors (Lipinski definition) is 4. The second-order valence-corrected chi connectivity index (χ2v) is 5.08. The van der Waals surface area contributed by atoms with Crippen molar-refractivity contribution in [2.24, 2.45) is 0 Å². The Morgan fingerprint density at radius 3 is 2.55 bits per heavy atom. The quantitative estimate of drug-likeness (QED) is 0.875. The van der Waals surface area contributed by atoms with Crippen molar-refractivity contribution in [2.45, 2.75) is 6.54 Å². The van der Waals surface area contributed by atoms with Crippen molar-refractivity contribution in [1.29, 1.82) is 0 Å². The molecule has 8 heteroatoms. The number of furan rings is 1. The second kappa shape index (κ2) is 7.72. The van der Waals surface area contributed by atoms with E-state index >= 15 is 0 Å². The molecule has 1 aromatic heterocycles. The van der Waals surface area contributed by atoms with Crippen LogP contribution in [-0.4, -0.2) is 18.5 Å². The van der Waals surface area contributed by atoms with Gasteiger partial charge >= 0.3 is 6.03 Å². The van der Waals surface area contributed by atoms with E-state index in [9.17, 15) is 9.59 Å². The molecule has 0 spiro atoms. The fourth-order valence-corrected chi connectivity index (χ4v) is 2.05. The molecule has 3 amide bonds. The van der Waals surface area contributed by atoms with Gasteiger partial charge in [0.2, 0.25) is 0 Å². The molecule has 6 nitrogen and oxygen atoms in total. The molecule has 0 radical (unpaired) electrons. The Labute approximate surface area is 136 Å². The zero-order valence-corrected chi connectivity index (χ0v) is 12.8. The van der Waals surface area contributed by atoms with Crippen molar-refractivity contribution < 1.29 is 18.7 Å². The highest BCUT2D eigenvalue weighted by Gasteiger charge is 2.09. The van der Waals surface area contributed by atoms with Crippen LogP contribution in [0.15, 0.2) is 41.0 Å². The minimum atomic E-state index is -0.644. The number of halogens is 2. The van der Waals surface area contributed by atoms with Crippen molar-refractivity contribution >= 4 is 35.1 Å². The summed E-state index contributed by atoms with van der Waals surface area (Å²) < 4.78 is 10.2. The lowest BCUT2D eigenvalue weighted by atomic mass is 10.3. The lowest BCUT2D eigenvalue weighted by Gasteiger charge is -2.08. The number of benzene rings is 1. The Kier molecular flexibility index (Phi) is 5.68. The fourth-order valence-electron chi connectivity index (χ4n) is 1.55. The summed E-state index contributed by atoms with van der Waals surface area (Å²) in [5.41, 5.74) is 0. The molecule has 1 heterocycles. The first-order chi connectivity index (χ1) is 10.5. The van der Waals surface area contributed by atoms with E-state index in [0.29, 0.717) is 21.6 Å². The molecule has 0 aliphatic rings. The summed E-state index contributed by atoms with van der Waals surface area (Å²) in [6.07, 6.45) is 1.49. The SMILES string of the molecule is O=C(COc1cc(Cl)cc(Cl)c1)NC(=O)NCc1ccco1. The van der Waals surface area contributed by atoms with Gasteiger partial charge in [0.25, 0.3) is 5.91 Å². The highest BCUT2D eigenvalue weighted by atomic mass is 35.5. The molecule has 22 heavy (non-hydrogen) atoms. The predicted molar refractivity (Wildman–Crippen MR) is 81.0 cm³/mol. The Morgan fingerprint density at radius 1 is 1.18 bits per heavy atom. The number of nitrogens with one attached hydrogen (secondary N) is 2. The average Bonchev–Trinajstić information content (AvgIpc) is 2.95. The van der Waals surface area contributed by atoms with Crippen LogP contribution in [0, 0.1) is 0 Å². The third kappa shape index (κ3) is 5.31. The Hall–Kier alpha value is -2.18. The molecule has 2 aromatic rings. The zero-order chi connectivity index (χ0) is 15.9. The summed E-state index contributed by atoms with van der Waals surface area (Å²) in [6, 6.07) is 7.32. The molecular formula is C14H12Cl2N2O4. The van der Waals surface area contributed by atoms with Crippen molar-refractivity contribution in [1.82, 2.24) is 10.6 Å². The van der Waals surface area contributed by atoms with Crippen LogP contribution in [-0.2, 0) is 11.3 Å². The summed E-state index contributed by atoms with van der Waals surface area (Å²) in [4.78, 5) is 23.1. The van der Waals surface area contributed by atoms with E-state index in [1.54, 1.807) is 12.1 Å². The van der Waals surface area contributed by atoms with Crippen LogP contribution < -0.4 is 15.4 Å². The smallest absolute Gasteiger partial charge is 0.321 e. The van der Waals surface area contributed by atoms with Crippen molar-refractivity contribution in [3.05, 3.63) is 52.4 Å². The van der Waals surface area contributed by atoms with E-state index in [1.807, 2.05) is 0 Å². The highest BCUT2D eigenvalue weighted by molar-refractivity contribution is 6.34. The van der Waals surface area contributed by atoms with Gasteiger partial charge in [-0.05, 0) is 30.3 Å². The van der Waals surface area contributed by atoms with Gasteiger partial charge in [0, 0.05) is 10.0 Å². The van der Waals surface area contributed by atoms with Crippen LogP contribution in [0.4, 0.5) is 4.79 Å². The van der Waals surface area contributed by atoms with Gasteiger partial charge < -0.3 is 14.5 Å². The van der Waals surface area contributed by atoms with Crippen molar-refractivity contribution in [2.75, 3.05) is 6.61 Å². The third-order valence-corrected chi connectivity index (χ3v) is 2.90. The van der Waals surface area contributed by atoms with Gasteiger partial charge in [0.1, 0.15) is 11.5 Å². The van der Waals surface area contributed by atoms with E-state index < -0.39 is 11.9 Å². The topological polar surface area (TPSA) is 80.6 Å². The molecule has 0 unspecified atom stereocenters. The van der Waals surface area contributed by atoms with E-state index in [-0.39, 0.29) is 13.2 Å². The fraction of sp³-hybridized carbons (Fsp3) is 0.143. The van der Waals surface area contributed by atoms with Gasteiger partial charge in [-0.1, -0.05) is 23.2 Å². The predicted octanol–water partition coefficient (Wildman–Crippen LogP) is 2.99. The number of carbonyl (C=O) groups excluding carboxylic acids is 2. The second-order valence-electron chi connectivity index (χ2n) is 4.20. The van der Waals surface area contributed by atoms with Crippen LogP contribution in [0.1, 0.15) is 5.76 Å². The monoisotopic (exact) mass is 342 g/mol. The van der Waals surface area contributed by atoms with Crippen molar-refractivity contribution in [3.8, 4) is 5.75 Å². The van der Waals surface area contributed by atoms with Gasteiger partial charge in [-0.2, -0.15) is 0 Å². The Bertz CT molecular complexity index is 639. The molecule has 0 saturated heterocycles. The molecule has 2 N–H and O–H groups in total. The number of hydrogen-bond donors (Lipinski definition) is 2. The summed E-state index contributed by atoms with van der Waals surface area (Å²) >= 11 is 11.6. The minimum absolute atomic E-state index is 0.177. The first-order valence-corrected chi connectivity index (χ1v) is 6.97. The molecule has 0 saturated carbocycles. The lowest BCUT2D eigenvalue weighted by molar-refractivity contribution is -0.122. The first-order valence-electron chi connectivity index (χ1n) is 6.22. The van der Waals surface area contributed by atoms with E-state index in [4.69, 9.17) is 32.4 Å². The van der Waals surface area contributed by atoms with Crippen LogP contribution in [0.25, 0.3) is 0 Å². The number of urea groups is 1. The number of carbonyl (C=O) groups is 2. The van der Waals surface area contributed by atoms with Gasteiger partial charge in [0.15, 0.2) is 6.61 Å². The van der Waals surface area contributed by atoms with Crippen LogP contribution in [0.2, 0.25) is 10.0 Å². The zero-order valence-electron chi connectivity index (χ0n) is 11.3. The van der Waals surface area contributed by atoms with Gasteiger partial charge in [0.05, 0.1) is 12.8 Å². The van der Waals surface area contributed by atoms with E-state index in [1.165, 1.54) is 24.5 Å². The summed E-state index contributed by atoms with van der Waals surface area (Å²) in [6.45, 7) is -0.165. The van der Waals surface area contributed by atoms with E-state index in [0.717, 1.165) is 0 Å². The first kappa shape index (κ1) is 16.2. The molecule has 0 bridgehead atoms. The number of ether oxygens (including phenoxy) is 1. The molecule has 0 aliphatic heterocycles. The van der Waals surface area contributed by atoms with Crippen LogP contribution in [0.5, 0.6) is 5.75 Å². The normalized spacial score (nSPS) is 10.1. The largest absolute Gasteiger partial charge is 0.484 e. The summed E-state index contributed by atoms with van der Waals surface area (Å²) in [5, 5.41) is 5.37. The standard InChI is InChI=1S/C14H12Cl2N2O4/c15-9-4-10(16)6-12(5-9)22-8-13(19)18-14(20)17-7-11-2-1-3-21-11/h1-6H,7-8H2,(H2,17,18,19,20).